The fourth-order valence-electron chi connectivity index (χ4n) is 2.77. The van der Waals surface area contributed by atoms with Crippen LogP contribution in [0.1, 0.15) is 11.4 Å². The zero-order chi connectivity index (χ0) is 18.4. The van der Waals surface area contributed by atoms with Crippen molar-refractivity contribution in [3.05, 3.63) is 78.1 Å². The lowest BCUT2D eigenvalue weighted by Crippen LogP contribution is -2.23. The second-order valence-corrected chi connectivity index (χ2v) is 5.79. The molecule has 132 valence electrons. The number of para-hydroxylation sites is 2. The zero-order valence-corrected chi connectivity index (χ0v) is 14.1. The molecule has 1 heterocycles. The van der Waals surface area contributed by atoms with Gasteiger partial charge >= 0.3 is 5.97 Å². The molecule has 0 aliphatic carbocycles. The van der Waals surface area contributed by atoms with Crippen LogP contribution in [0.4, 0.5) is 0 Å². The Hall–Kier alpha value is -3.41. The smallest absolute Gasteiger partial charge is 0.328 e. The van der Waals surface area contributed by atoms with Gasteiger partial charge in [0.25, 0.3) is 0 Å². The van der Waals surface area contributed by atoms with Crippen LogP contribution in [0.3, 0.4) is 0 Å². The number of aromatic nitrogens is 2. The van der Waals surface area contributed by atoms with Crippen molar-refractivity contribution < 1.29 is 14.7 Å². The summed E-state index contributed by atoms with van der Waals surface area (Å²) in [4.78, 5) is 26.8. The first-order valence-electron chi connectivity index (χ1n) is 8.30. The van der Waals surface area contributed by atoms with Gasteiger partial charge in [-0.25, -0.2) is 9.78 Å². The standard InChI is InChI=1S/C20H19N3O3/c24-19(10-11-20(25)26)21-14-18-22-16-8-4-5-9-17(16)23(18)13-12-15-6-2-1-3-7-15/h1-11H,12-14H2,(H,21,24)(H,25,26)/b11-10+. The Morgan fingerprint density at radius 2 is 1.77 bits per heavy atom. The van der Waals surface area contributed by atoms with Crippen molar-refractivity contribution in [1.82, 2.24) is 14.9 Å². The molecule has 3 rings (SSSR count). The van der Waals surface area contributed by atoms with E-state index in [0.717, 1.165) is 42.0 Å². The predicted octanol–water partition coefficient (Wildman–Crippen LogP) is 2.54. The van der Waals surface area contributed by atoms with E-state index < -0.39 is 11.9 Å². The summed E-state index contributed by atoms with van der Waals surface area (Å²) in [6, 6.07) is 18.0. The number of hydrogen-bond acceptors (Lipinski definition) is 3. The van der Waals surface area contributed by atoms with Gasteiger partial charge in [0.2, 0.25) is 5.91 Å². The van der Waals surface area contributed by atoms with Crippen LogP contribution in [-0.2, 0) is 29.1 Å². The third-order valence-corrected chi connectivity index (χ3v) is 4.00. The summed E-state index contributed by atoms with van der Waals surface area (Å²) in [5, 5.41) is 11.3. The molecule has 0 saturated heterocycles. The number of fused-ring (bicyclic) bond motifs is 1. The molecule has 0 radical (unpaired) electrons. The van der Waals surface area contributed by atoms with Gasteiger partial charge in [0, 0.05) is 18.7 Å². The first-order chi connectivity index (χ1) is 12.6. The molecule has 0 saturated carbocycles. The molecule has 0 aliphatic rings. The predicted molar refractivity (Wildman–Crippen MR) is 98.5 cm³/mol. The fraction of sp³-hybridized carbons (Fsp3) is 0.150. The summed E-state index contributed by atoms with van der Waals surface area (Å²) in [5.74, 6) is -0.886. The average Bonchev–Trinajstić information content (AvgIpc) is 3.01. The maximum Gasteiger partial charge on any atom is 0.328 e. The zero-order valence-electron chi connectivity index (χ0n) is 14.1. The average molecular weight is 349 g/mol. The third-order valence-electron chi connectivity index (χ3n) is 4.00. The molecule has 0 unspecified atom stereocenters. The molecular formula is C20H19N3O3. The summed E-state index contributed by atoms with van der Waals surface area (Å²) < 4.78 is 2.09. The van der Waals surface area contributed by atoms with Gasteiger partial charge in [-0.15, -0.1) is 0 Å². The number of rotatable bonds is 7. The maximum absolute atomic E-state index is 11.7. The number of carboxylic acid groups (broad SMARTS) is 1. The second-order valence-electron chi connectivity index (χ2n) is 5.79. The van der Waals surface area contributed by atoms with E-state index in [1.807, 2.05) is 42.5 Å². The summed E-state index contributed by atoms with van der Waals surface area (Å²) >= 11 is 0. The first-order valence-corrected chi connectivity index (χ1v) is 8.30. The maximum atomic E-state index is 11.7. The van der Waals surface area contributed by atoms with E-state index in [9.17, 15) is 9.59 Å². The summed E-state index contributed by atoms with van der Waals surface area (Å²) in [5.41, 5.74) is 3.10. The van der Waals surface area contributed by atoms with Crippen molar-refractivity contribution >= 4 is 22.9 Å². The normalized spacial score (nSPS) is 11.1. The van der Waals surface area contributed by atoms with Crippen LogP contribution in [0.25, 0.3) is 11.0 Å². The Morgan fingerprint density at radius 1 is 1.04 bits per heavy atom. The van der Waals surface area contributed by atoms with Gasteiger partial charge in [-0.2, -0.15) is 0 Å². The molecule has 2 aromatic carbocycles. The first kappa shape index (κ1) is 17.4. The molecule has 0 atom stereocenters. The highest BCUT2D eigenvalue weighted by Gasteiger charge is 2.11. The lowest BCUT2D eigenvalue weighted by atomic mass is 10.1. The molecule has 1 aromatic heterocycles. The van der Waals surface area contributed by atoms with E-state index in [2.05, 4.69) is 27.0 Å². The number of aliphatic carboxylic acids is 1. The lowest BCUT2D eigenvalue weighted by Gasteiger charge is -2.10. The Labute approximate surface area is 150 Å². The molecule has 6 nitrogen and oxygen atoms in total. The molecule has 1 amide bonds. The number of carbonyl (C=O) groups is 2. The van der Waals surface area contributed by atoms with Crippen molar-refractivity contribution in [3.63, 3.8) is 0 Å². The highest BCUT2D eigenvalue weighted by atomic mass is 16.4. The molecule has 2 N–H and O–H groups in total. The lowest BCUT2D eigenvalue weighted by molar-refractivity contribution is -0.131. The van der Waals surface area contributed by atoms with Crippen molar-refractivity contribution in [2.75, 3.05) is 0 Å². The monoisotopic (exact) mass is 349 g/mol. The van der Waals surface area contributed by atoms with Crippen LogP contribution >= 0.6 is 0 Å². The van der Waals surface area contributed by atoms with Crippen molar-refractivity contribution in [1.29, 1.82) is 0 Å². The molecule has 26 heavy (non-hydrogen) atoms. The number of hydrogen-bond donors (Lipinski definition) is 2. The molecule has 0 fully saturated rings. The van der Waals surface area contributed by atoms with E-state index >= 15 is 0 Å². The number of nitrogens with zero attached hydrogens (tertiary/aromatic N) is 2. The number of imidazole rings is 1. The van der Waals surface area contributed by atoms with Gasteiger partial charge in [-0.05, 0) is 24.1 Å². The van der Waals surface area contributed by atoms with E-state index in [1.165, 1.54) is 5.56 Å². The van der Waals surface area contributed by atoms with Crippen LogP contribution in [0.2, 0.25) is 0 Å². The highest BCUT2D eigenvalue weighted by molar-refractivity contribution is 5.93. The Morgan fingerprint density at radius 3 is 2.54 bits per heavy atom. The Kier molecular flexibility index (Phi) is 5.43. The van der Waals surface area contributed by atoms with Gasteiger partial charge < -0.3 is 15.0 Å². The topological polar surface area (TPSA) is 84.2 Å². The number of carbonyl (C=O) groups excluding carboxylic acids is 1. The molecule has 0 spiro atoms. The van der Waals surface area contributed by atoms with E-state index in [4.69, 9.17) is 5.11 Å². The molecule has 6 heteroatoms. The van der Waals surface area contributed by atoms with Crippen LogP contribution in [0.5, 0.6) is 0 Å². The van der Waals surface area contributed by atoms with Crippen LogP contribution in [0.15, 0.2) is 66.7 Å². The fourth-order valence-corrected chi connectivity index (χ4v) is 2.77. The Bertz CT molecular complexity index is 945. The largest absolute Gasteiger partial charge is 0.478 e. The molecule has 3 aromatic rings. The van der Waals surface area contributed by atoms with Gasteiger partial charge in [-0.3, -0.25) is 4.79 Å². The van der Waals surface area contributed by atoms with Gasteiger partial charge in [0.05, 0.1) is 17.6 Å². The van der Waals surface area contributed by atoms with Gasteiger partial charge in [-0.1, -0.05) is 42.5 Å². The number of nitrogens with one attached hydrogen (secondary N) is 1. The molecule has 0 aliphatic heterocycles. The number of aryl methyl sites for hydroxylation is 2. The minimum Gasteiger partial charge on any atom is -0.478 e. The van der Waals surface area contributed by atoms with E-state index in [1.54, 1.807) is 0 Å². The molecular weight excluding hydrogens is 330 g/mol. The number of carboxylic acids is 1. The second kappa shape index (κ2) is 8.11. The number of amides is 1. The minimum absolute atomic E-state index is 0.228. The van der Waals surface area contributed by atoms with Crippen molar-refractivity contribution in [3.8, 4) is 0 Å². The van der Waals surface area contributed by atoms with Gasteiger partial charge in [0.1, 0.15) is 5.82 Å². The van der Waals surface area contributed by atoms with Crippen LogP contribution < -0.4 is 5.32 Å². The van der Waals surface area contributed by atoms with Crippen LogP contribution in [0, 0.1) is 0 Å². The van der Waals surface area contributed by atoms with E-state index in [-0.39, 0.29) is 6.54 Å². The quantitative estimate of drug-likeness (QED) is 0.642. The third kappa shape index (κ3) is 4.36. The summed E-state index contributed by atoms with van der Waals surface area (Å²) in [6.07, 6.45) is 2.66. The summed E-state index contributed by atoms with van der Waals surface area (Å²) in [7, 11) is 0. The SMILES string of the molecule is O=C(O)/C=C/C(=O)NCc1nc2ccccc2n1CCc1ccccc1. The highest BCUT2D eigenvalue weighted by Crippen LogP contribution is 2.17. The minimum atomic E-state index is -1.16. The van der Waals surface area contributed by atoms with Crippen LogP contribution in [-0.4, -0.2) is 26.5 Å². The Balaban J connectivity index is 1.78. The summed E-state index contributed by atoms with van der Waals surface area (Å²) in [6.45, 7) is 0.965. The van der Waals surface area contributed by atoms with E-state index in [0.29, 0.717) is 0 Å². The van der Waals surface area contributed by atoms with Crippen molar-refractivity contribution in [2.24, 2.45) is 0 Å². The molecule has 0 bridgehead atoms. The van der Waals surface area contributed by atoms with Gasteiger partial charge in [0.15, 0.2) is 0 Å². The van der Waals surface area contributed by atoms with Crippen molar-refractivity contribution in [2.45, 2.75) is 19.5 Å². The number of benzene rings is 2.